The molecule has 1 aliphatic rings. The van der Waals surface area contributed by atoms with Crippen LogP contribution in [0.4, 0.5) is 0 Å². The summed E-state index contributed by atoms with van der Waals surface area (Å²) >= 11 is 0. The molecular weight excluding hydrogens is 835 g/mol. The Morgan fingerprint density at radius 2 is 0.894 bits per heavy atom. The van der Waals surface area contributed by atoms with Crippen LogP contribution in [0.15, 0.2) is 24.3 Å². The number of aliphatic hydroxyl groups is 7. The number of hydrogen-bond donors (Lipinski definition) is 8. The van der Waals surface area contributed by atoms with Crippen LogP contribution in [0.3, 0.4) is 0 Å². The minimum Gasteiger partial charge on any atom is -0.394 e. The smallest absolute Gasteiger partial charge is 0.249 e. The van der Waals surface area contributed by atoms with Gasteiger partial charge in [-0.2, -0.15) is 0 Å². The molecule has 1 rings (SSSR count). The lowest BCUT2D eigenvalue weighted by molar-refractivity contribution is -0.303. The van der Waals surface area contributed by atoms with Crippen LogP contribution in [-0.2, 0) is 14.3 Å². The molecule has 9 unspecified atom stereocenters. The molecule has 0 aromatic rings. The first-order valence-electron chi connectivity index (χ1n) is 27.7. The van der Waals surface area contributed by atoms with E-state index < -0.39 is 74.2 Å². The monoisotopic (exact) mass is 940 g/mol. The summed E-state index contributed by atoms with van der Waals surface area (Å²) in [4.78, 5) is 13.1. The Balaban J connectivity index is 2.37. The van der Waals surface area contributed by atoms with E-state index in [4.69, 9.17) is 9.47 Å². The molecule has 1 amide bonds. The van der Waals surface area contributed by atoms with E-state index in [2.05, 4.69) is 43.5 Å². The van der Waals surface area contributed by atoms with Crippen molar-refractivity contribution in [1.29, 1.82) is 0 Å². The normalized spacial score (nSPS) is 20.9. The highest BCUT2D eigenvalue weighted by Crippen LogP contribution is 2.23. The number of ether oxygens (including phenoxy) is 2. The fourth-order valence-electron chi connectivity index (χ4n) is 8.91. The molecule has 0 saturated carbocycles. The molecule has 0 radical (unpaired) electrons. The average molecular weight is 940 g/mol. The number of carbonyl (C=O) groups excluding carboxylic acids is 1. The molecule has 390 valence electrons. The van der Waals surface area contributed by atoms with Crippen molar-refractivity contribution in [2.24, 2.45) is 0 Å². The van der Waals surface area contributed by atoms with Crippen LogP contribution in [0.25, 0.3) is 0 Å². The Morgan fingerprint density at radius 1 is 0.515 bits per heavy atom. The molecular formula is C55H105NO10. The van der Waals surface area contributed by atoms with E-state index in [0.29, 0.717) is 12.8 Å². The van der Waals surface area contributed by atoms with Gasteiger partial charge in [-0.15, -0.1) is 0 Å². The number of rotatable bonds is 47. The number of amides is 1. The number of hydrogen-bond acceptors (Lipinski definition) is 10. The highest BCUT2D eigenvalue weighted by molar-refractivity contribution is 5.80. The summed E-state index contributed by atoms with van der Waals surface area (Å²) in [7, 11) is 0. The first-order valence-corrected chi connectivity index (χ1v) is 27.7. The van der Waals surface area contributed by atoms with Crippen LogP contribution < -0.4 is 5.32 Å². The fraction of sp³-hybridized carbons (Fsp3) is 0.909. The number of unbranched alkanes of at least 4 members (excludes halogenated alkanes) is 31. The quantitative estimate of drug-likeness (QED) is 0.0215. The minimum atomic E-state index is -1.67. The zero-order valence-electron chi connectivity index (χ0n) is 42.4. The molecule has 0 spiro atoms. The van der Waals surface area contributed by atoms with Gasteiger partial charge in [0.05, 0.1) is 25.4 Å². The predicted octanol–water partition coefficient (Wildman–Crippen LogP) is 11.0. The van der Waals surface area contributed by atoms with Gasteiger partial charge >= 0.3 is 0 Å². The molecule has 0 aromatic carbocycles. The maximum Gasteiger partial charge on any atom is 0.249 e. The zero-order valence-corrected chi connectivity index (χ0v) is 42.4. The van der Waals surface area contributed by atoms with Crippen molar-refractivity contribution in [2.75, 3.05) is 13.2 Å². The first-order chi connectivity index (χ1) is 32.2. The van der Waals surface area contributed by atoms with Crippen molar-refractivity contribution >= 4 is 5.91 Å². The van der Waals surface area contributed by atoms with Crippen LogP contribution in [0.2, 0.25) is 0 Å². The van der Waals surface area contributed by atoms with E-state index in [1.54, 1.807) is 0 Å². The van der Waals surface area contributed by atoms with E-state index in [1.807, 2.05) is 0 Å². The Kier molecular flexibility index (Phi) is 42.5. The first kappa shape index (κ1) is 62.6. The van der Waals surface area contributed by atoms with Gasteiger partial charge in [0.2, 0.25) is 5.91 Å². The largest absolute Gasteiger partial charge is 0.394 e. The van der Waals surface area contributed by atoms with E-state index in [0.717, 1.165) is 51.4 Å². The van der Waals surface area contributed by atoms with Gasteiger partial charge in [-0.1, -0.05) is 212 Å². The molecule has 0 aliphatic carbocycles. The molecule has 1 saturated heterocycles. The van der Waals surface area contributed by atoms with Gasteiger partial charge in [-0.05, 0) is 64.2 Å². The summed E-state index contributed by atoms with van der Waals surface area (Å²) in [5, 5.41) is 76.0. The Morgan fingerprint density at radius 3 is 1.30 bits per heavy atom. The Labute approximate surface area is 404 Å². The van der Waals surface area contributed by atoms with Crippen molar-refractivity contribution < 1.29 is 50.0 Å². The van der Waals surface area contributed by atoms with Gasteiger partial charge in [-0.3, -0.25) is 4.79 Å². The molecule has 0 bridgehead atoms. The number of allylic oxidation sites excluding steroid dienone is 4. The molecule has 66 heavy (non-hydrogen) atoms. The Hall–Kier alpha value is -1.41. The summed E-state index contributed by atoms with van der Waals surface area (Å²) < 4.78 is 11.1. The molecule has 1 heterocycles. The SMILES string of the molecule is CCCCCCCCCCC/C=C\CCCCCCC(O)C(=O)NC(COC1OC(CO)C(O)C(O)C1O)C(O)C(O)CCC/C=C/CCCCCCCCCCCCCCCCCCC. The lowest BCUT2D eigenvalue weighted by Crippen LogP contribution is -2.60. The molecule has 8 N–H and O–H groups in total. The lowest BCUT2D eigenvalue weighted by atomic mass is 9.98. The lowest BCUT2D eigenvalue weighted by Gasteiger charge is -2.40. The summed E-state index contributed by atoms with van der Waals surface area (Å²) in [5.74, 6) is -0.713. The second-order valence-corrected chi connectivity index (χ2v) is 19.6. The third kappa shape index (κ3) is 33.2. The molecule has 1 aliphatic heterocycles. The minimum absolute atomic E-state index is 0.241. The van der Waals surface area contributed by atoms with Crippen LogP contribution in [0, 0.1) is 0 Å². The fourth-order valence-corrected chi connectivity index (χ4v) is 8.91. The maximum atomic E-state index is 13.1. The van der Waals surface area contributed by atoms with Crippen molar-refractivity contribution in [3.63, 3.8) is 0 Å². The topological polar surface area (TPSA) is 189 Å². The zero-order chi connectivity index (χ0) is 48.3. The van der Waals surface area contributed by atoms with Gasteiger partial charge < -0.3 is 50.5 Å². The third-order valence-electron chi connectivity index (χ3n) is 13.5. The molecule has 11 nitrogen and oxygen atoms in total. The van der Waals surface area contributed by atoms with Crippen molar-refractivity contribution in [1.82, 2.24) is 5.32 Å². The predicted molar refractivity (Wildman–Crippen MR) is 270 cm³/mol. The van der Waals surface area contributed by atoms with Crippen LogP contribution in [-0.4, -0.2) is 110 Å². The van der Waals surface area contributed by atoms with E-state index in [9.17, 15) is 40.5 Å². The molecule has 0 aromatic heterocycles. The van der Waals surface area contributed by atoms with Gasteiger partial charge in [-0.25, -0.2) is 0 Å². The second-order valence-electron chi connectivity index (χ2n) is 19.6. The van der Waals surface area contributed by atoms with E-state index >= 15 is 0 Å². The van der Waals surface area contributed by atoms with Crippen LogP contribution >= 0.6 is 0 Å². The molecule has 11 heteroatoms. The molecule has 9 atom stereocenters. The number of aliphatic hydroxyl groups excluding tert-OH is 7. The summed E-state index contributed by atoms with van der Waals surface area (Å²) in [6.07, 6.45) is 40.9. The standard InChI is InChI=1S/C55H105NO10/c1-3-5-7-9-11-13-15-17-19-21-22-23-24-25-27-28-30-32-34-36-38-40-42-47(58)50(60)46(45-65-55-53(63)52(62)51(61)49(44-57)66-55)56-54(64)48(59)43-41-39-37-35-33-31-29-26-20-18-16-14-12-10-8-6-4-2/h29,31,34,36,46-53,55,57-63H,3-28,30,32-33,35,37-45H2,1-2H3,(H,56,64)/b31-29-,36-34+. The third-order valence-corrected chi connectivity index (χ3v) is 13.5. The van der Waals surface area contributed by atoms with Gasteiger partial charge in [0.15, 0.2) is 6.29 Å². The number of nitrogens with one attached hydrogen (secondary N) is 1. The summed E-state index contributed by atoms with van der Waals surface area (Å²) in [5.41, 5.74) is 0. The van der Waals surface area contributed by atoms with E-state index in [-0.39, 0.29) is 12.8 Å². The molecule has 1 fully saturated rings. The van der Waals surface area contributed by atoms with Gasteiger partial charge in [0, 0.05) is 0 Å². The Bertz CT molecular complexity index is 1120. The van der Waals surface area contributed by atoms with Crippen LogP contribution in [0.1, 0.15) is 251 Å². The maximum absolute atomic E-state index is 13.1. The highest BCUT2D eigenvalue weighted by Gasteiger charge is 2.44. The van der Waals surface area contributed by atoms with Crippen molar-refractivity contribution in [2.45, 2.75) is 306 Å². The number of carbonyl (C=O) groups is 1. The van der Waals surface area contributed by atoms with Crippen molar-refractivity contribution in [3.8, 4) is 0 Å². The second kappa shape index (κ2) is 44.8. The van der Waals surface area contributed by atoms with Crippen LogP contribution in [0.5, 0.6) is 0 Å². The van der Waals surface area contributed by atoms with Gasteiger partial charge in [0.1, 0.15) is 36.6 Å². The highest BCUT2D eigenvalue weighted by atomic mass is 16.7. The summed E-state index contributed by atoms with van der Waals surface area (Å²) in [6.45, 7) is 3.45. The van der Waals surface area contributed by atoms with Crippen molar-refractivity contribution in [3.05, 3.63) is 24.3 Å². The van der Waals surface area contributed by atoms with E-state index in [1.165, 1.54) is 161 Å². The summed E-state index contributed by atoms with van der Waals surface area (Å²) in [6, 6.07) is -1.19. The average Bonchev–Trinajstić information content (AvgIpc) is 3.32. The van der Waals surface area contributed by atoms with Gasteiger partial charge in [0.25, 0.3) is 0 Å².